The molecule has 0 bridgehead atoms. The van der Waals surface area contributed by atoms with Crippen molar-refractivity contribution in [3.63, 3.8) is 0 Å². The van der Waals surface area contributed by atoms with Crippen molar-refractivity contribution < 1.29 is 29.7 Å². The zero-order valence-corrected chi connectivity index (χ0v) is 22.8. The molecule has 3 N–H and O–H groups in total. The highest BCUT2D eigenvalue weighted by molar-refractivity contribution is 5.95. The summed E-state index contributed by atoms with van der Waals surface area (Å²) in [6, 6.07) is 17.2. The van der Waals surface area contributed by atoms with Crippen LogP contribution >= 0.6 is 0 Å². The van der Waals surface area contributed by atoms with Crippen molar-refractivity contribution in [2.75, 3.05) is 0 Å². The topological polar surface area (TPSA) is 112 Å². The number of hydrogen-bond acceptors (Lipinski definition) is 3. The molecule has 198 valence electrons. The molecular weight excluding hydrogens is 492 g/mol. The highest BCUT2D eigenvalue weighted by atomic mass is 16.4. The largest absolute Gasteiger partial charge is 0.478 e. The van der Waals surface area contributed by atoms with Crippen LogP contribution in [0.25, 0.3) is 33.4 Å². The highest BCUT2D eigenvalue weighted by Gasteiger charge is 2.18. The fourth-order valence-corrected chi connectivity index (χ4v) is 5.53. The minimum Gasteiger partial charge on any atom is -0.478 e. The second-order valence-corrected chi connectivity index (χ2v) is 10.2. The number of aromatic carboxylic acids is 3. The first kappa shape index (κ1) is 27.3. The smallest absolute Gasteiger partial charge is 0.336 e. The first-order valence-electron chi connectivity index (χ1n) is 12.5. The van der Waals surface area contributed by atoms with Gasteiger partial charge in [-0.15, -0.1) is 0 Å². The molecule has 0 aliphatic rings. The van der Waals surface area contributed by atoms with Gasteiger partial charge in [0.2, 0.25) is 0 Å². The SMILES string of the molecule is Cc1cc(-c2cc(-c3cc(C)c(C(=O)O)c(C)c3)cc(-c3cc(C)c(C(=O)O)c(C)c3)c2)cc(C)c1C(=O)O. The van der Waals surface area contributed by atoms with E-state index in [0.717, 1.165) is 33.4 Å². The van der Waals surface area contributed by atoms with Crippen LogP contribution in [0, 0.1) is 41.5 Å². The summed E-state index contributed by atoms with van der Waals surface area (Å²) in [6.07, 6.45) is 0. The van der Waals surface area contributed by atoms with Crippen LogP contribution in [0.1, 0.15) is 64.5 Å². The highest BCUT2D eigenvalue weighted by Crippen LogP contribution is 2.36. The van der Waals surface area contributed by atoms with Crippen LogP contribution in [-0.4, -0.2) is 33.2 Å². The van der Waals surface area contributed by atoms with Gasteiger partial charge >= 0.3 is 17.9 Å². The third-order valence-electron chi connectivity index (χ3n) is 7.17. The van der Waals surface area contributed by atoms with E-state index in [1.54, 1.807) is 41.5 Å². The molecule has 0 unspecified atom stereocenters. The Kier molecular flexibility index (Phi) is 7.16. The fourth-order valence-electron chi connectivity index (χ4n) is 5.53. The van der Waals surface area contributed by atoms with Crippen LogP contribution in [-0.2, 0) is 0 Å². The quantitative estimate of drug-likeness (QED) is 0.240. The Morgan fingerprint density at radius 3 is 0.667 bits per heavy atom. The summed E-state index contributed by atoms with van der Waals surface area (Å²) in [6.45, 7) is 10.7. The maximum absolute atomic E-state index is 11.8. The number of hydrogen-bond donors (Lipinski definition) is 3. The minimum atomic E-state index is -0.972. The molecule has 4 rings (SSSR count). The lowest BCUT2D eigenvalue weighted by atomic mass is 9.88. The molecule has 0 saturated heterocycles. The van der Waals surface area contributed by atoms with E-state index >= 15 is 0 Å². The summed E-state index contributed by atoms with van der Waals surface area (Å²) in [4.78, 5) is 35.3. The van der Waals surface area contributed by atoms with Gasteiger partial charge in [-0.2, -0.15) is 0 Å². The molecule has 0 saturated carbocycles. The Bertz CT molecular complexity index is 1410. The molecule has 0 amide bonds. The van der Waals surface area contributed by atoms with Gasteiger partial charge in [-0.3, -0.25) is 0 Å². The first-order valence-corrected chi connectivity index (χ1v) is 12.5. The molecule has 6 nitrogen and oxygen atoms in total. The van der Waals surface area contributed by atoms with Crippen LogP contribution < -0.4 is 0 Å². The lowest BCUT2D eigenvalue weighted by molar-refractivity contribution is 0.0684. The van der Waals surface area contributed by atoms with Gasteiger partial charge in [-0.05, 0) is 127 Å². The molecule has 4 aromatic carbocycles. The van der Waals surface area contributed by atoms with E-state index in [1.807, 2.05) is 54.6 Å². The molecule has 0 heterocycles. The van der Waals surface area contributed by atoms with Gasteiger partial charge in [0, 0.05) is 0 Å². The summed E-state index contributed by atoms with van der Waals surface area (Å²) in [5, 5.41) is 28.9. The van der Waals surface area contributed by atoms with Crippen molar-refractivity contribution in [3.8, 4) is 33.4 Å². The normalized spacial score (nSPS) is 10.9. The van der Waals surface area contributed by atoms with E-state index in [4.69, 9.17) is 0 Å². The average molecular weight is 523 g/mol. The molecule has 0 aliphatic carbocycles. The van der Waals surface area contributed by atoms with Crippen molar-refractivity contribution in [1.82, 2.24) is 0 Å². The summed E-state index contributed by atoms with van der Waals surface area (Å²) < 4.78 is 0. The molecule has 0 aromatic heterocycles. The number of carboxylic acids is 3. The predicted molar refractivity (Wildman–Crippen MR) is 152 cm³/mol. The van der Waals surface area contributed by atoms with Gasteiger partial charge < -0.3 is 15.3 Å². The Balaban J connectivity index is 2.01. The minimum absolute atomic E-state index is 0.279. The summed E-state index contributed by atoms with van der Waals surface area (Å²) >= 11 is 0. The lowest BCUT2D eigenvalue weighted by Crippen LogP contribution is -2.04. The van der Waals surface area contributed by atoms with Crippen molar-refractivity contribution in [2.45, 2.75) is 41.5 Å². The average Bonchev–Trinajstić information content (AvgIpc) is 2.81. The van der Waals surface area contributed by atoms with Crippen LogP contribution in [0.5, 0.6) is 0 Å². The van der Waals surface area contributed by atoms with E-state index in [1.165, 1.54) is 0 Å². The third kappa shape index (κ3) is 5.18. The van der Waals surface area contributed by atoms with Gasteiger partial charge in [0.25, 0.3) is 0 Å². The molecule has 4 aromatic rings. The number of carboxylic acid groups (broad SMARTS) is 3. The van der Waals surface area contributed by atoms with E-state index in [9.17, 15) is 29.7 Å². The van der Waals surface area contributed by atoms with E-state index in [-0.39, 0.29) is 16.7 Å². The molecular formula is C33H30O6. The van der Waals surface area contributed by atoms with Crippen LogP contribution in [0.2, 0.25) is 0 Å². The molecule has 0 atom stereocenters. The maximum atomic E-state index is 11.8. The van der Waals surface area contributed by atoms with Gasteiger partial charge in [0.1, 0.15) is 0 Å². The number of rotatable bonds is 6. The molecule has 39 heavy (non-hydrogen) atoms. The van der Waals surface area contributed by atoms with E-state index in [2.05, 4.69) is 0 Å². The van der Waals surface area contributed by atoms with E-state index in [0.29, 0.717) is 33.4 Å². The Hall–Kier alpha value is -4.71. The summed E-state index contributed by atoms with van der Waals surface area (Å²) in [5.41, 5.74) is 9.89. The zero-order chi connectivity index (χ0) is 28.8. The lowest BCUT2D eigenvalue weighted by Gasteiger charge is -2.16. The van der Waals surface area contributed by atoms with Gasteiger partial charge in [0.15, 0.2) is 0 Å². The second-order valence-electron chi connectivity index (χ2n) is 10.2. The van der Waals surface area contributed by atoms with Gasteiger partial charge in [-0.25, -0.2) is 14.4 Å². The molecule has 6 heteroatoms. The Labute approximate surface area is 227 Å². The van der Waals surface area contributed by atoms with E-state index < -0.39 is 17.9 Å². The summed E-state index contributed by atoms with van der Waals surface area (Å²) in [5.74, 6) is -2.92. The first-order chi connectivity index (χ1) is 18.3. The predicted octanol–water partition coefficient (Wildman–Crippen LogP) is 7.63. The molecule has 0 spiro atoms. The van der Waals surface area contributed by atoms with Gasteiger partial charge in [0.05, 0.1) is 16.7 Å². The Morgan fingerprint density at radius 1 is 0.359 bits per heavy atom. The van der Waals surface area contributed by atoms with Crippen molar-refractivity contribution >= 4 is 17.9 Å². The van der Waals surface area contributed by atoms with Crippen LogP contribution in [0.4, 0.5) is 0 Å². The molecule has 0 aliphatic heterocycles. The summed E-state index contributed by atoms with van der Waals surface area (Å²) in [7, 11) is 0. The second kappa shape index (κ2) is 10.2. The standard InChI is InChI=1S/C33H30O6/c1-16-7-22(8-17(2)28(16)31(34)35)25-13-26(23-9-18(3)29(32(36)37)19(4)10-23)15-27(14-25)24-11-20(5)30(33(38)39)21(6)12-24/h7-15H,1-6H3,(H,34,35)(H,36,37)(H,38,39). The fraction of sp³-hybridized carbons (Fsp3) is 0.182. The number of aryl methyl sites for hydroxylation is 6. The number of carbonyl (C=O) groups is 3. The monoisotopic (exact) mass is 522 g/mol. The third-order valence-corrected chi connectivity index (χ3v) is 7.17. The van der Waals surface area contributed by atoms with Crippen molar-refractivity contribution in [3.05, 3.63) is 105 Å². The van der Waals surface area contributed by atoms with Gasteiger partial charge in [-0.1, -0.05) is 36.4 Å². The van der Waals surface area contributed by atoms with Crippen molar-refractivity contribution in [1.29, 1.82) is 0 Å². The number of benzene rings is 4. The van der Waals surface area contributed by atoms with Crippen LogP contribution in [0.3, 0.4) is 0 Å². The molecule has 0 radical (unpaired) electrons. The van der Waals surface area contributed by atoms with Crippen molar-refractivity contribution in [2.24, 2.45) is 0 Å². The Morgan fingerprint density at radius 2 is 0.513 bits per heavy atom. The molecule has 0 fully saturated rings. The zero-order valence-electron chi connectivity index (χ0n) is 22.8. The van der Waals surface area contributed by atoms with Crippen LogP contribution in [0.15, 0.2) is 54.6 Å². The maximum Gasteiger partial charge on any atom is 0.336 e.